The van der Waals surface area contributed by atoms with Gasteiger partial charge in [0.25, 0.3) is 0 Å². The van der Waals surface area contributed by atoms with E-state index in [-0.39, 0.29) is 12.0 Å². The molecule has 1 amide bonds. The minimum Gasteiger partial charge on any atom is -0.378 e. The summed E-state index contributed by atoms with van der Waals surface area (Å²) >= 11 is 0. The van der Waals surface area contributed by atoms with Gasteiger partial charge in [-0.25, -0.2) is 0 Å². The van der Waals surface area contributed by atoms with Crippen molar-refractivity contribution >= 4 is 5.91 Å². The molecule has 2 unspecified atom stereocenters. The van der Waals surface area contributed by atoms with Crippen LogP contribution in [0.1, 0.15) is 39.0 Å². The molecule has 1 heterocycles. The van der Waals surface area contributed by atoms with Crippen LogP contribution in [0.4, 0.5) is 0 Å². The smallest absolute Gasteiger partial charge is 0.222 e. The Morgan fingerprint density at radius 2 is 2.38 bits per heavy atom. The first-order valence-corrected chi connectivity index (χ1v) is 6.30. The van der Waals surface area contributed by atoms with E-state index < -0.39 is 0 Å². The maximum Gasteiger partial charge on any atom is 0.222 e. The van der Waals surface area contributed by atoms with Crippen molar-refractivity contribution in [1.29, 1.82) is 0 Å². The molecule has 3 N–H and O–H groups in total. The molecule has 0 aromatic rings. The van der Waals surface area contributed by atoms with Crippen molar-refractivity contribution in [3.05, 3.63) is 0 Å². The molecular weight excluding hydrogens is 204 g/mol. The number of rotatable bonds is 6. The molecule has 1 saturated heterocycles. The number of nitrogens with two attached hydrogens (primary N) is 1. The number of carbonyl (C=O) groups is 1. The lowest BCUT2D eigenvalue weighted by atomic mass is 10.1. The van der Waals surface area contributed by atoms with Gasteiger partial charge >= 0.3 is 0 Å². The van der Waals surface area contributed by atoms with E-state index in [0.29, 0.717) is 18.9 Å². The topological polar surface area (TPSA) is 64.3 Å². The second kappa shape index (κ2) is 7.63. The first-order valence-electron chi connectivity index (χ1n) is 6.30. The number of amides is 1. The Morgan fingerprint density at radius 3 is 3.00 bits per heavy atom. The van der Waals surface area contributed by atoms with E-state index in [2.05, 4.69) is 12.2 Å². The van der Waals surface area contributed by atoms with Gasteiger partial charge in [0.15, 0.2) is 0 Å². The van der Waals surface area contributed by atoms with E-state index in [4.69, 9.17) is 10.5 Å². The van der Waals surface area contributed by atoms with Crippen molar-refractivity contribution in [3.8, 4) is 0 Å². The average molecular weight is 228 g/mol. The first kappa shape index (κ1) is 13.5. The van der Waals surface area contributed by atoms with Gasteiger partial charge in [-0.2, -0.15) is 0 Å². The molecule has 16 heavy (non-hydrogen) atoms. The second-order valence-corrected chi connectivity index (χ2v) is 4.68. The van der Waals surface area contributed by atoms with E-state index >= 15 is 0 Å². The van der Waals surface area contributed by atoms with E-state index in [1.54, 1.807) is 0 Å². The fourth-order valence-electron chi connectivity index (χ4n) is 1.92. The highest BCUT2D eigenvalue weighted by Gasteiger charge is 2.17. The van der Waals surface area contributed by atoms with Gasteiger partial charge in [-0.3, -0.25) is 4.79 Å². The highest BCUT2D eigenvalue weighted by atomic mass is 16.5. The maximum atomic E-state index is 11.6. The molecule has 4 nitrogen and oxygen atoms in total. The van der Waals surface area contributed by atoms with E-state index in [1.807, 2.05) is 0 Å². The van der Waals surface area contributed by atoms with Crippen molar-refractivity contribution in [2.24, 2.45) is 11.7 Å². The molecule has 0 spiro atoms. The minimum absolute atomic E-state index is 0.107. The quantitative estimate of drug-likeness (QED) is 0.714. The lowest BCUT2D eigenvalue weighted by Gasteiger charge is -2.22. The third-order valence-electron chi connectivity index (χ3n) is 2.99. The van der Waals surface area contributed by atoms with Crippen molar-refractivity contribution in [2.75, 3.05) is 19.7 Å². The number of hydrogen-bond acceptors (Lipinski definition) is 3. The summed E-state index contributed by atoms with van der Waals surface area (Å²) in [5.74, 6) is 0.567. The SMILES string of the molecule is CC(CCN)CNC(=O)CC1CCCCO1. The third-order valence-corrected chi connectivity index (χ3v) is 2.99. The summed E-state index contributed by atoms with van der Waals surface area (Å²) in [5.41, 5.74) is 5.45. The zero-order valence-electron chi connectivity index (χ0n) is 10.2. The van der Waals surface area contributed by atoms with Crippen LogP contribution in [0.2, 0.25) is 0 Å². The summed E-state index contributed by atoms with van der Waals surface area (Å²) < 4.78 is 5.52. The van der Waals surface area contributed by atoms with Gasteiger partial charge in [0.1, 0.15) is 0 Å². The molecular formula is C12H24N2O2. The number of carbonyl (C=O) groups excluding carboxylic acids is 1. The van der Waals surface area contributed by atoms with Crippen molar-refractivity contribution in [2.45, 2.75) is 45.1 Å². The van der Waals surface area contributed by atoms with Crippen LogP contribution in [0, 0.1) is 5.92 Å². The number of nitrogens with one attached hydrogen (secondary N) is 1. The molecule has 0 bridgehead atoms. The average Bonchev–Trinajstić information content (AvgIpc) is 2.28. The Labute approximate surface area is 97.9 Å². The van der Waals surface area contributed by atoms with Gasteiger partial charge in [0, 0.05) is 13.2 Å². The summed E-state index contributed by atoms with van der Waals surface area (Å²) in [6.45, 7) is 4.32. The minimum atomic E-state index is 0.107. The van der Waals surface area contributed by atoms with E-state index in [0.717, 1.165) is 32.4 Å². The maximum absolute atomic E-state index is 11.6. The third kappa shape index (κ3) is 5.47. The molecule has 0 aromatic carbocycles. The Balaban J connectivity index is 2.10. The molecule has 0 saturated carbocycles. The van der Waals surface area contributed by atoms with Crippen LogP contribution in [0.5, 0.6) is 0 Å². The van der Waals surface area contributed by atoms with E-state index in [1.165, 1.54) is 6.42 Å². The summed E-state index contributed by atoms with van der Waals surface area (Å²) in [4.78, 5) is 11.6. The highest BCUT2D eigenvalue weighted by molar-refractivity contribution is 5.76. The second-order valence-electron chi connectivity index (χ2n) is 4.68. The molecule has 0 radical (unpaired) electrons. The van der Waals surface area contributed by atoms with Gasteiger partial charge in [-0.1, -0.05) is 6.92 Å². The lowest BCUT2D eigenvalue weighted by Crippen LogP contribution is -2.33. The van der Waals surface area contributed by atoms with Crippen molar-refractivity contribution in [1.82, 2.24) is 5.32 Å². The monoisotopic (exact) mass is 228 g/mol. The molecule has 2 atom stereocenters. The van der Waals surface area contributed by atoms with E-state index in [9.17, 15) is 4.79 Å². The molecule has 1 aliphatic heterocycles. The number of ether oxygens (including phenoxy) is 1. The summed E-state index contributed by atoms with van der Waals surface area (Å²) in [5, 5.41) is 2.94. The fraction of sp³-hybridized carbons (Fsp3) is 0.917. The van der Waals surface area contributed by atoms with Crippen LogP contribution >= 0.6 is 0 Å². The van der Waals surface area contributed by atoms with Crippen LogP contribution in [0.25, 0.3) is 0 Å². The van der Waals surface area contributed by atoms with Crippen LogP contribution in [-0.2, 0) is 9.53 Å². The molecule has 4 heteroatoms. The van der Waals surface area contributed by atoms with Crippen LogP contribution in [-0.4, -0.2) is 31.7 Å². The normalized spacial score (nSPS) is 22.8. The standard InChI is InChI=1S/C12H24N2O2/c1-10(5-6-13)9-14-12(15)8-11-4-2-3-7-16-11/h10-11H,2-9,13H2,1H3,(H,14,15). The molecule has 1 aliphatic rings. The van der Waals surface area contributed by atoms with Crippen LogP contribution in [0.15, 0.2) is 0 Å². The summed E-state index contributed by atoms with van der Waals surface area (Å²) in [7, 11) is 0. The Hall–Kier alpha value is -0.610. The van der Waals surface area contributed by atoms with Crippen molar-refractivity contribution < 1.29 is 9.53 Å². The van der Waals surface area contributed by atoms with Gasteiger partial charge in [-0.05, 0) is 38.1 Å². The fourth-order valence-corrected chi connectivity index (χ4v) is 1.92. The molecule has 1 rings (SSSR count). The molecule has 94 valence electrons. The first-order chi connectivity index (χ1) is 7.72. The zero-order chi connectivity index (χ0) is 11.8. The Morgan fingerprint density at radius 1 is 1.56 bits per heavy atom. The van der Waals surface area contributed by atoms with Crippen molar-refractivity contribution in [3.63, 3.8) is 0 Å². The molecule has 0 aliphatic carbocycles. The van der Waals surface area contributed by atoms with Gasteiger partial charge in [-0.15, -0.1) is 0 Å². The largest absolute Gasteiger partial charge is 0.378 e. The molecule has 1 fully saturated rings. The highest BCUT2D eigenvalue weighted by Crippen LogP contribution is 2.15. The lowest BCUT2D eigenvalue weighted by molar-refractivity contribution is -0.125. The van der Waals surface area contributed by atoms with Gasteiger partial charge < -0.3 is 15.8 Å². The summed E-state index contributed by atoms with van der Waals surface area (Å²) in [6, 6.07) is 0. The Kier molecular flexibility index (Phi) is 6.42. The van der Waals surface area contributed by atoms with Gasteiger partial charge in [0.2, 0.25) is 5.91 Å². The zero-order valence-corrected chi connectivity index (χ0v) is 10.2. The Bertz CT molecular complexity index is 203. The summed E-state index contributed by atoms with van der Waals surface area (Å²) in [6.07, 6.45) is 4.94. The predicted octanol–water partition coefficient (Wildman–Crippen LogP) is 1.05. The number of hydrogen-bond donors (Lipinski definition) is 2. The van der Waals surface area contributed by atoms with Gasteiger partial charge in [0.05, 0.1) is 12.5 Å². The van der Waals surface area contributed by atoms with Crippen LogP contribution in [0.3, 0.4) is 0 Å². The predicted molar refractivity (Wildman–Crippen MR) is 64.1 cm³/mol. The molecule has 0 aromatic heterocycles. The van der Waals surface area contributed by atoms with Crippen LogP contribution < -0.4 is 11.1 Å².